The molecule has 0 aliphatic rings. The maximum Gasteiger partial charge on any atom is 0.251 e. The number of carbonyl (C=O) groups is 1. The molecule has 1 unspecified atom stereocenters. The number of nitrogens with one attached hydrogen (secondary N) is 2. The first kappa shape index (κ1) is 19.5. The molecule has 8 heteroatoms. The van der Waals surface area contributed by atoms with Crippen LogP contribution in [0.1, 0.15) is 24.6 Å². The van der Waals surface area contributed by atoms with Gasteiger partial charge in [0.1, 0.15) is 0 Å². The van der Waals surface area contributed by atoms with E-state index in [1.54, 1.807) is 12.1 Å². The van der Waals surface area contributed by atoms with Crippen molar-refractivity contribution in [3.05, 3.63) is 50.9 Å². The number of H-pyrrole nitrogens is 1. The third kappa shape index (κ3) is 5.59. The number of amides is 1. The highest BCUT2D eigenvalue weighted by atomic mass is 35.5. The summed E-state index contributed by atoms with van der Waals surface area (Å²) in [6.45, 7) is 4.03. The van der Waals surface area contributed by atoms with Crippen LogP contribution in [0.15, 0.2) is 34.2 Å². The van der Waals surface area contributed by atoms with Crippen molar-refractivity contribution >= 4 is 35.0 Å². The lowest BCUT2D eigenvalue weighted by atomic mass is 10.2. The van der Waals surface area contributed by atoms with E-state index in [-0.39, 0.29) is 18.1 Å². The normalized spacial score (nSPS) is 12.0. The van der Waals surface area contributed by atoms with Crippen LogP contribution >= 0.6 is 23.4 Å². The Bertz CT molecular complexity index is 810. The van der Waals surface area contributed by atoms with Crippen molar-refractivity contribution in [1.29, 1.82) is 0 Å². The molecule has 0 saturated heterocycles. The van der Waals surface area contributed by atoms with Crippen molar-refractivity contribution in [2.75, 3.05) is 12.4 Å². The summed E-state index contributed by atoms with van der Waals surface area (Å²) in [6, 6.07) is 6.74. The summed E-state index contributed by atoms with van der Waals surface area (Å²) in [5.41, 5.74) is 1.83. The highest BCUT2D eigenvalue weighted by Gasteiger charge is 2.20. The molecule has 0 saturated carbocycles. The number of anilines is 1. The second-order valence-electron chi connectivity index (χ2n) is 5.44. The van der Waals surface area contributed by atoms with Crippen molar-refractivity contribution in [3.63, 3.8) is 0 Å². The monoisotopic (exact) mass is 381 g/mol. The molecule has 1 heterocycles. The van der Waals surface area contributed by atoms with Crippen LogP contribution in [0.2, 0.25) is 5.02 Å². The van der Waals surface area contributed by atoms with Crippen LogP contribution in [0.25, 0.3) is 0 Å². The predicted octanol–water partition coefficient (Wildman–Crippen LogP) is 3.39. The molecule has 0 aliphatic heterocycles. The summed E-state index contributed by atoms with van der Waals surface area (Å²) < 4.78 is 5.00. The molecule has 1 aromatic carbocycles. The zero-order chi connectivity index (χ0) is 18.4. The smallest absolute Gasteiger partial charge is 0.251 e. The number of thioether (sulfide) groups is 1. The number of rotatable bonds is 7. The Morgan fingerprint density at radius 2 is 2.20 bits per heavy atom. The molecule has 0 spiro atoms. The van der Waals surface area contributed by atoms with Crippen LogP contribution in [-0.2, 0) is 16.1 Å². The van der Waals surface area contributed by atoms with Crippen LogP contribution in [0, 0.1) is 6.92 Å². The highest BCUT2D eigenvalue weighted by molar-refractivity contribution is 8.00. The number of ether oxygens (including phenoxy) is 1. The van der Waals surface area contributed by atoms with E-state index in [1.807, 2.05) is 19.9 Å². The summed E-state index contributed by atoms with van der Waals surface area (Å²) in [5.74, 6) is -0.174. The van der Waals surface area contributed by atoms with Gasteiger partial charge in [-0.2, -0.15) is 0 Å². The lowest BCUT2D eigenvalue weighted by Crippen LogP contribution is -2.25. The zero-order valence-electron chi connectivity index (χ0n) is 14.3. The van der Waals surface area contributed by atoms with Crippen molar-refractivity contribution in [2.24, 2.45) is 0 Å². The quantitative estimate of drug-likeness (QED) is 0.567. The minimum Gasteiger partial charge on any atom is -0.378 e. The first-order chi connectivity index (χ1) is 11.9. The number of halogens is 1. The number of benzene rings is 1. The average Bonchev–Trinajstić information content (AvgIpc) is 2.55. The minimum absolute atomic E-state index is 0.174. The third-order valence-electron chi connectivity index (χ3n) is 3.42. The third-order valence-corrected chi connectivity index (χ3v) is 5.08. The molecule has 1 amide bonds. The lowest BCUT2D eigenvalue weighted by Gasteiger charge is -2.15. The van der Waals surface area contributed by atoms with Gasteiger partial charge in [0, 0.05) is 23.9 Å². The van der Waals surface area contributed by atoms with E-state index in [4.69, 9.17) is 16.3 Å². The number of carbonyl (C=O) groups excluding carboxylic acids is 1. The van der Waals surface area contributed by atoms with Crippen molar-refractivity contribution in [3.8, 4) is 0 Å². The van der Waals surface area contributed by atoms with Crippen LogP contribution in [-0.4, -0.2) is 28.2 Å². The van der Waals surface area contributed by atoms with Gasteiger partial charge in [-0.15, -0.1) is 0 Å². The Labute approximate surface area is 155 Å². The molecule has 0 aliphatic carbocycles. The van der Waals surface area contributed by atoms with Gasteiger partial charge in [-0.1, -0.05) is 36.4 Å². The number of aromatic nitrogens is 2. The first-order valence-electron chi connectivity index (χ1n) is 7.75. The molecule has 25 heavy (non-hydrogen) atoms. The molecular weight excluding hydrogens is 362 g/mol. The van der Waals surface area contributed by atoms with Crippen LogP contribution in [0.3, 0.4) is 0 Å². The Morgan fingerprint density at radius 3 is 2.84 bits per heavy atom. The molecule has 1 aromatic heterocycles. The van der Waals surface area contributed by atoms with E-state index in [0.717, 1.165) is 5.56 Å². The van der Waals surface area contributed by atoms with Gasteiger partial charge in [-0.05, 0) is 31.0 Å². The van der Waals surface area contributed by atoms with Crippen molar-refractivity contribution in [1.82, 2.24) is 9.97 Å². The second kappa shape index (κ2) is 9.03. The Morgan fingerprint density at radius 1 is 1.44 bits per heavy atom. The number of aromatic amines is 1. The number of aryl methyl sites for hydroxylation is 1. The first-order valence-corrected chi connectivity index (χ1v) is 9.01. The molecule has 0 radical (unpaired) electrons. The number of nitrogens with zero attached hydrogens (tertiary/aromatic N) is 1. The van der Waals surface area contributed by atoms with Gasteiger partial charge in [-0.25, -0.2) is 4.98 Å². The van der Waals surface area contributed by atoms with Crippen LogP contribution < -0.4 is 10.9 Å². The molecule has 2 aromatic rings. The van der Waals surface area contributed by atoms with E-state index in [1.165, 1.54) is 24.9 Å². The fourth-order valence-corrected chi connectivity index (χ4v) is 3.22. The molecule has 0 fully saturated rings. The van der Waals surface area contributed by atoms with E-state index in [2.05, 4.69) is 15.3 Å². The maximum atomic E-state index is 12.5. The molecular formula is C17H20ClN3O3S. The average molecular weight is 382 g/mol. The number of methoxy groups -OCH3 is 1. The topological polar surface area (TPSA) is 84.1 Å². The highest BCUT2D eigenvalue weighted by Crippen LogP contribution is 2.25. The fourth-order valence-electron chi connectivity index (χ4n) is 2.11. The van der Waals surface area contributed by atoms with E-state index in [9.17, 15) is 9.59 Å². The standard InChI is InChI=1S/C17H20ClN3O3S/c1-4-14(16(23)19-11-6-5-10(2)13(18)7-11)25-17-20-12(9-24-3)8-15(22)21-17/h5-8,14H,4,9H2,1-3H3,(H,19,23)(H,20,21,22). The molecule has 2 rings (SSSR count). The van der Waals surface area contributed by atoms with Gasteiger partial charge in [-0.3, -0.25) is 9.59 Å². The summed E-state index contributed by atoms with van der Waals surface area (Å²) in [6.07, 6.45) is 0.578. The van der Waals surface area contributed by atoms with Crippen LogP contribution in [0.5, 0.6) is 0 Å². The molecule has 134 valence electrons. The van der Waals surface area contributed by atoms with E-state index >= 15 is 0 Å². The largest absolute Gasteiger partial charge is 0.378 e. The van der Waals surface area contributed by atoms with Gasteiger partial charge in [0.15, 0.2) is 5.16 Å². The molecule has 2 N–H and O–H groups in total. The fraction of sp³-hybridized carbons (Fsp3) is 0.353. The van der Waals surface area contributed by atoms with Gasteiger partial charge in [0.2, 0.25) is 5.91 Å². The van der Waals surface area contributed by atoms with E-state index in [0.29, 0.717) is 28.0 Å². The maximum absolute atomic E-state index is 12.5. The number of hydrogen-bond donors (Lipinski definition) is 2. The van der Waals surface area contributed by atoms with Gasteiger partial charge >= 0.3 is 0 Å². The Kier molecular flexibility index (Phi) is 7.04. The second-order valence-corrected chi connectivity index (χ2v) is 7.04. The molecule has 6 nitrogen and oxygen atoms in total. The number of hydrogen-bond acceptors (Lipinski definition) is 5. The van der Waals surface area contributed by atoms with E-state index < -0.39 is 5.25 Å². The minimum atomic E-state index is -0.402. The summed E-state index contributed by atoms with van der Waals surface area (Å²) in [7, 11) is 1.53. The van der Waals surface area contributed by atoms with Crippen molar-refractivity contribution in [2.45, 2.75) is 37.3 Å². The SMILES string of the molecule is CCC(Sc1nc(COC)cc(=O)[nH]1)C(=O)Nc1ccc(C)c(Cl)c1. The molecule has 0 bridgehead atoms. The van der Waals surface area contributed by atoms with Crippen molar-refractivity contribution < 1.29 is 9.53 Å². The Hall–Kier alpha value is -1.83. The zero-order valence-corrected chi connectivity index (χ0v) is 15.8. The predicted molar refractivity (Wildman–Crippen MR) is 100 cm³/mol. The van der Waals surface area contributed by atoms with Gasteiger partial charge in [0.05, 0.1) is 17.6 Å². The van der Waals surface area contributed by atoms with Gasteiger partial charge < -0.3 is 15.0 Å². The summed E-state index contributed by atoms with van der Waals surface area (Å²) >= 11 is 7.30. The van der Waals surface area contributed by atoms with Crippen LogP contribution in [0.4, 0.5) is 5.69 Å². The summed E-state index contributed by atoms with van der Waals surface area (Å²) in [5, 5.41) is 3.43. The Balaban J connectivity index is 2.12. The van der Waals surface area contributed by atoms with Gasteiger partial charge in [0.25, 0.3) is 5.56 Å². The summed E-state index contributed by atoms with van der Waals surface area (Å²) in [4.78, 5) is 31.2. The molecule has 1 atom stereocenters. The lowest BCUT2D eigenvalue weighted by molar-refractivity contribution is -0.115.